The monoisotopic (exact) mass is 172 g/mol. The van der Waals surface area contributed by atoms with Crippen LogP contribution in [0, 0.1) is 0 Å². The summed E-state index contributed by atoms with van der Waals surface area (Å²) in [5.41, 5.74) is 0.656. The molecule has 0 spiro atoms. The second-order valence-corrected chi connectivity index (χ2v) is 3.92. The van der Waals surface area contributed by atoms with Crippen molar-refractivity contribution in [1.82, 2.24) is 0 Å². The Morgan fingerprint density at radius 1 is 1.42 bits per heavy atom. The molecule has 1 N–H and O–H groups in total. The number of allylic oxidation sites excluding steroid dienone is 1. The van der Waals surface area contributed by atoms with E-state index in [1.54, 1.807) is 13.8 Å². The highest BCUT2D eigenvalue weighted by molar-refractivity contribution is 4.92. The summed E-state index contributed by atoms with van der Waals surface area (Å²) in [5.74, 6) is 0. The Labute approximate surface area is 75.2 Å². The Morgan fingerprint density at radius 3 is 2.42 bits per heavy atom. The summed E-state index contributed by atoms with van der Waals surface area (Å²) in [7, 11) is 0. The number of hydrogen-bond donors (Lipinski definition) is 1. The molecule has 0 fully saturated rings. The van der Waals surface area contributed by atoms with E-state index < -0.39 is 5.60 Å². The van der Waals surface area contributed by atoms with E-state index in [9.17, 15) is 5.11 Å². The van der Waals surface area contributed by atoms with Crippen molar-refractivity contribution in [1.29, 1.82) is 0 Å². The number of aliphatic hydroxyl groups is 1. The molecule has 0 heterocycles. The highest BCUT2D eigenvalue weighted by atomic mass is 16.5. The van der Waals surface area contributed by atoms with Gasteiger partial charge in [0.2, 0.25) is 0 Å². The molecule has 0 saturated carbocycles. The highest BCUT2D eigenvalue weighted by Gasteiger charge is 2.10. The van der Waals surface area contributed by atoms with E-state index in [1.165, 1.54) is 5.57 Å². The van der Waals surface area contributed by atoms with Crippen LogP contribution in [0.25, 0.3) is 0 Å². The van der Waals surface area contributed by atoms with Crippen molar-refractivity contribution in [2.24, 2.45) is 0 Å². The van der Waals surface area contributed by atoms with Crippen molar-refractivity contribution in [2.75, 3.05) is 13.2 Å². The van der Waals surface area contributed by atoms with Crippen LogP contribution >= 0.6 is 0 Å². The molecule has 0 amide bonds. The molecule has 0 bridgehead atoms. The second-order valence-electron chi connectivity index (χ2n) is 3.92. The smallest absolute Gasteiger partial charge is 0.0649 e. The van der Waals surface area contributed by atoms with Crippen LogP contribution in [0.15, 0.2) is 11.6 Å². The van der Waals surface area contributed by atoms with Gasteiger partial charge >= 0.3 is 0 Å². The van der Waals surface area contributed by atoms with Gasteiger partial charge in [-0.1, -0.05) is 11.6 Å². The zero-order valence-corrected chi connectivity index (χ0v) is 8.55. The Bertz CT molecular complexity index is 138. The fourth-order valence-corrected chi connectivity index (χ4v) is 0.631. The van der Waals surface area contributed by atoms with Crippen molar-refractivity contribution < 1.29 is 9.84 Å². The zero-order valence-electron chi connectivity index (χ0n) is 8.55. The molecule has 0 aromatic heterocycles. The Balaban J connectivity index is 3.29. The zero-order chi connectivity index (χ0) is 9.61. The van der Waals surface area contributed by atoms with Gasteiger partial charge in [0.05, 0.1) is 12.2 Å². The average Bonchev–Trinajstić information content (AvgIpc) is 1.83. The van der Waals surface area contributed by atoms with Gasteiger partial charge < -0.3 is 9.84 Å². The molecule has 12 heavy (non-hydrogen) atoms. The fourth-order valence-electron chi connectivity index (χ4n) is 0.631. The highest BCUT2D eigenvalue weighted by Crippen LogP contribution is 2.06. The molecule has 72 valence electrons. The van der Waals surface area contributed by atoms with E-state index in [-0.39, 0.29) is 0 Å². The quantitative estimate of drug-likeness (QED) is 0.508. The molecule has 0 unspecified atom stereocenters. The molecule has 0 saturated heterocycles. The Kier molecular flexibility index (Phi) is 5.18. The van der Waals surface area contributed by atoms with Gasteiger partial charge in [-0.15, -0.1) is 0 Å². The first-order valence-electron chi connectivity index (χ1n) is 4.35. The molecular formula is C10H20O2. The summed E-state index contributed by atoms with van der Waals surface area (Å²) >= 11 is 0. The van der Waals surface area contributed by atoms with Crippen molar-refractivity contribution in [3.05, 3.63) is 11.6 Å². The maximum Gasteiger partial charge on any atom is 0.0649 e. The molecule has 2 heteroatoms. The van der Waals surface area contributed by atoms with Crippen LogP contribution in [0.5, 0.6) is 0 Å². The summed E-state index contributed by atoms with van der Waals surface area (Å²) in [6.45, 7) is 8.93. The van der Waals surface area contributed by atoms with Gasteiger partial charge in [0.1, 0.15) is 0 Å². The summed E-state index contributed by atoms with van der Waals surface area (Å²) in [4.78, 5) is 0. The lowest BCUT2D eigenvalue weighted by Crippen LogP contribution is -2.20. The molecule has 0 atom stereocenters. The molecule has 0 aromatic rings. The third-order valence-corrected chi connectivity index (χ3v) is 1.47. The van der Waals surface area contributed by atoms with E-state index in [0.717, 1.165) is 0 Å². The van der Waals surface area contributed by atoms with Crippen LogP contribution in [0.2, 0.25) is 0 Å². The maximum absolute atomic E-state index is 9.33. The number of rotatable bonds is 5. The van der Waals surface area contributed by atoms with Crippen LogP contribution in [-0.2, 0) is 4.74 Å². The standard InChI is InChI=1S/C10H20O2/c1-9(2)5-7-12-8-6-10(3,4)11/h5,11H,6-8H2,1-4H3. The topological polar surface area (TPSA) is 29.5 Å². The molecular weight excluding hydrogens is 152 g/mol. The molecule has 0 radical (unpaired) electrons. The number of hydrogen-bond acceptors (Lipinski definition) is 2. The lowest BCUT2D eigenvalue weighted by molar-refractivity contribution is 0.0344. The van der Waals surface area contributed by atoms with Gasteiger partial charge in [-0.3, -0.25) is 0 Å². The van der Waals surface area contributed by atoms with Gasteiger partial charge in [-0.25, -0.2) is 0 Å². The van der Waals surface area contributed by atoms with Crippen LogP contribution in [-0.4, -0.2) is 23.9 Å². The largest absolute Gasteiger partial charge is 0.390 e. The molecule has 0 aliphatic heterocycles. The van der Waals surface area contributed by atoms with Crippen LogP contribution in [0.1, 0.15) is 34.1 Å². The Hall–Kier alpha value is -0.340. The molecule has 2 nitrogen and oxygen atoms in total. The van der Waals surface area contributed by atoms with Crippen LogP contribution < -0.4 is 0 Å². The fraction of sp³-hybridized carbons (Fsp3) is 0.800. The molecule has 0 aliphatic carbocycles. The lowest BCUT2D eigenvalue weighted by atomic mass is 10.1. The van der Waals surface area contributed by atoms with Crippen LogP contribution in [0.4, 0.5) is 0 Å². The van der Waals surface area contributed by atoms with Gasteiger partial charge in [0.15, 0.2) is 0 Å². The van der Waals surface area contributed by atoms with Gasteiger partial charge in [0.25, 0.3) is 0 Å². The average molecular weight is 172 g/mol. The van der Waals surface area contributed by atoms with E-state index >= 15 is 0 Å². The van der Waals surface area contributed by atoms with E-state index in [2.05, 4.69) is 0 Å². The van der Waals surface area contributed by atoms with Gasteiger partial charge in [-0.05, 0) is 34.1 Å². The van der Waals surface area contributed by atoms with E-state index in [0.29, 0.717) is 19.6 Å². The molecule has 0 aliphatic rings. The summed E-state index contributed by atoms with van der Waals surface area (Å²) in [5, 5.41) is 9.33. The SMILES string of the molecule is CC(C)=CCOCCC(C)(C)O. The lowest BCUT2D eigenvalue weighted by Gasteiger charge is -2.16. The summed E-state index contributed by atoms with van der Waals surface area (Å²) in [6.07, 6.45) is 2.72. The Morgan fingerprint density at radius 2 is 2.00 bits per heavy atom. The maximum atomic E-state index is 9.33. The van der Waals surface area contributed by atoms with Crippen molar-refractivity contribution >= 4 is 0 Å². The minimum atomic E-state index is -0.606. The summed E-state index contributed by atoms with van der Waals surface area (Å²) in [6, 6.07) is 0. The minimum Gasteiger partial charge on any atom is -0.390 e. The predicted octanol–water partition coefficient (Wildman–Crippen LogP) is 2.13. The van der Waals surface area contributed by atoms with Crippen LogP contribution in [0.3, 0.4) is 0 Å². The van der Waals surface area contributed by atoms with Crippen molar-refractivity contribution in [3.63, 3.8) is 0 Å². The number of ether oxygens (including phenoxy) is 1. The first-order valence-corrected chi connectivity index (χ1v) is 4.35. The van der Waals surface area contributed by atoms with Crippen molar-refractivity contribution in [3.8, 4) is 0 Å². The first-order chi connectivity index (χ1) is 5.42. The normalized spacial score (nSPS) is 11.4. The minimum absolute atomic E-state index is 0.606. The van der Waals surface area contributed by atoms with Crippen molar-refractivity contribution in [2.45, 2.75) is 39.7 Å². The first kappa shape index (κ1) is 11.7. The van der Waals surface area contributed by atoms with E-state index in [4.69, 9.17) is 4.74 Å². The molecule has 0 rings (SSSR count). The third-order valence-electron chi connectivity index (χ3n) is 1.47. The summed E-state index contributed by atoms with van der Waals surface area (Å²) < 4.78 is 5.28. The third kappa shape index (κ3) is 9.66. The van der Waals surface area contributed by atoms with E-state index in [1.807, 2.05) is 19.9 Å². The predicted molar refractivity (Wildman–Crippen MR) is 51.2 cm³/mol. The second kappa shape index (κ2) is 5.33. The van der Waals surface area contributed by atoms with Gasteiger partial charge in [0, 0.05) is 6.61 Å². The molecule has 0 aromatic carbocycles. The van der Waals surface area contributed by atoms with Gasteiger partial charge in [-0.2, -0.15) is 0 Å².